The Morgan fingerprint density at radius 1 is 0.897 bits per heavy atom. The lowest BCUT2D eigenvalue weighted by atomic mass is 9.53. The molecule has 29 heavy (non-hydrogen) atoms. The Kier molecular flexibility index (Phi) is 11.8. The Morgan fingerprint density at radius 2 is 1.59 bits per heavy atom. The predicted octanol–water partition coefficient (Wildman–Crippen LogP) is 5.41. The first-order chi connectivity index (χ1) is 14.1. The Labute approximate surface area is 185 Å². The molecule has 0 aromatic carbocycles. The molecule has 0 atom stereocenters. The molecule has 0 saturated heterocycles. The SMILES string of the molecule is CCCCCOCCOCOCCC12CCC(C=CC(=O)OCCBr)(CC1)CC2. The van der Waals surface area contributed by atoms with Crippen LogP contribution in [0.1, 0.15) is 71.1 Å². The average Bonchev–Trinajstić information content (AvgIpc) is 2.76. The summed E-state index contributed by atoms with van der Waals surface area (Å²) in [6.07, 6.45) is 15.6. The second-order valence-electron chi connectivity index (χ2n) is 8.56. The van der Waals surface area contributed by atoms with Crippen molar-refractivity contribution in [1.82, 2.24) is 0 Å². The highest BCUT2D eigenvalue weighted by molar-refractivity contribution is 9.09. The van der Waals surface area contributed by atoms with Crippen molar-refractivity contribution in [1.29, 1.82) is 0 Å². The molecule has 168 valence electrons. The summed E-state index contributed by atoms with van der Waals surface area (Å²) >= 11 is 3.27. The number of carbonyl (C=O) groups is 1. The lowest BCUT2D eigenvalue weighted by Gasteiger charge is -2.52. The third-order valence-corrected chi connectivity index (χ3v) is 6.89. The first-order valence-corrected chi connectivity index (χ1v) is 12.4. The van der Waals surface area contributed by atoms with E-state index in [1.165, 1.54) is 51.4 Å². The predicted molar refractivity (Wildman–Crippen MR) is 118 cm³/mol. The summed E-state index contributed by atoms with van der Waals surface area (Å²) in [4.78, 5) is 11.7. The summed E-state index contributed by atoms with van der Waals surface area (Å²) in [7, 11) is 0. The molecule has 0 aromatic rings. The van der Waals surface area contributed by atoms with E-state index in [1.54, 1.807) is 6.08 Å². The number of ether oxygens (including phenoxy) is 4. The van der Waals surface area contributed by atoms with Crippen LogP contribution in [-0.2, 0) is 23.7 Å². The van der Waals surface area contributed by atoms with Gasteiger partial charge in [0.05, 0.1) is 13.2 Å². The van der Waals surface area contributed by atoms with Gasteiger partial charge in [-0.1, -0.05) is 41.8 Å². The monoisotopic (exact) mass is 474 g/mol. The van der Waals surface area contributed by atoms with Crippen LogP contribution in [0.2, 0.25) is 0 Å². The highest BCUT2D eigenvalue weighted by Gasteiger charge is 2.46. The molecule has 0 amide bonds. The molecule has 3 aliphatic carbocycles. The van der Waals surface area contributed by atoms with Gasteiger partial charge in [0.15, 0.2) is 0 Å². The van der Waals surface area contributed by atoms with Crippen molar-refractivity contribution in [3.05, 3.63) is 12.2 Å². The lowest BCUT2D eigenvalue weighted by molar-refractivity contribution is -0.137. The van der Waals surface area contributed by atoms with E-state index < -0.39 is 0 Å². The van der Waals surface area contributed by atoms with Gasteiger partial charge in [0.25, 0.3) is 0 Å². The van der Waals surface area contributed by atoms with Gasteiger partial charge in [0.1, 0.15) is 13.4 Å². The summed E-state index contributed by atoms with van der Waals surface area (Å²) < 4.78 is 21.9. The minimum atomic E-state index is -0.221. The van der Waals surface area contributed by atoms with E-state index in [-0.39, 0.29) is 11.4 Å². The Hall–Kier alpha value is -0.430. The number of alkyl halides is 1. The maximum absolute atomic E-state index is 11.7. The highest BCUT2D eigenvalue weighted by atomic mass is 79.9. The second-order valence-corrected chi connectivity index (χ2v) is 9.35. The van der Waals surface area contributed by atoms with E-state index in [2.05, 4.69) is 28.9 Å². The van der Waals surface area contributed by atoms with Crippen molar-refractivity contribution >= 4 is 21.9 Å². The van der Waals surface area contributed by atoms with Crippen molar-refractivity contribution in [3.63, 3.8) is 0 Å². The number of hydrogen-bond acceptors (Lipinski definition) is 5. The fourth-order valence-electron chi connectivity index (χ4n) is 4.49. The Bertz CT molecular complexity index is 469. The third kappa shape index (κ3) is 9.07. The molecular weight excluding hydrogens is 436 g/mol. The molecular formula is C23H39BrO5. The van der Waals surface area contributed by atoms with Crippen LogP contribution in [-0.4, -0.2) is 51.1 Å². The summed E-state index contributed by atoms with van der Waals surface area (Å²) in [6.45, 7) is 5.82. The zero-order valence-corrected chi connectivity index (χ0v) is 19.7. The van der Waals surface area contributed by atoms with Crippen molar-refractivity contribution in [3.8, 4) is 0 Å². The molecule has 6 heteroatoms. The van der Waals surface area contributed by atoms with Gasteiger partial charge in [-0.15, -0.1) is 0 Å². The molecule has 0 spiro atoms. The van der Waals surface area contributed by atoms with Gasteiger partial charge in [0.2, 0.25) is 0 Å². The Balaban J connectivity index is 1.53. The van der Waals surface area contributed by atoms with Gasteiger partial charge in [0, 0.05) is 24.6 Å². The van der Waals surface area contributed by atoms with Crippen LogP contribution in [0, 0.1) is 10.8 Å². The van der Waals surface area contributed by atoms with Gasteiger partial charge in [-0.2, -0.15) is 0 Å². The van der Waals surface area contributed by atoms with Crippen molar-refractivity contribution < 1.29 is 23.7 Å². The lowest BCUT2D eigenvalue weighted by Crippen LogP contribution is -2.41. The fraction of sp³-hybridized carbons (Fsp3) is 0.870. The Morgan fingerprint density at radius 3 is 2.28 bits per heavy atom. The van der Waals surface area contributed by atoms with Gasteiger partial charge in [-0.05, 0) is 62.2 Å². The number of carbonyl (C=O) groups excluding carboxylic acids is 1. The number of fused-ring (bicyclic) bond motifs is 3. The van der Waals surface area contributed by atoms with Crippen LogP contribution >= 0.6 is 15.9 Å². The zero-order valence-electron chi connectivity index (χ0n) is 18.1. The van der Waals surface area contributed by atoms with E-state index in [1.807, 2.05) is 0 Å². The largest absolute Gasteiger partial charge is 0.462 e. The van der Waals surface area contributed by atoms with Crippen LogP contribution in [0.25, 0.3) is 0 Å². The van der Waals surface area contributed by atoms with Crippen LogP contribution in [0.4, 0.5) is 0 Å². The van der Waals surface area contributed by atoms with E-state index in [9.17, 15) is 4.79 Å². The third-order valence-electron chi connectivity index (χ3n) is 6.56. The molecule has 0 unspecified atom stereocenters. The molecule has 3 aliphatic rings. The summed E-state index contributed by atoms with van der Waals surface area (Å²) in [5.74, 6) is -0.221. The van der Waals surface area contributed by atoms with Crippen LogP contribution in [0.3, 0.4) is 0 Å². The highest BCUT2D eigenvalue weighted by Crippen LogP contribution is 2.58. The van der Waals surface area contributed by atoms with E-state index >= 15 is 0 Å². The zero-order chi connectivity index (χ0) is 20.8. The van der Waals surface area contributed by atoms with Gasteiger partial charge in [-0.25, -0.2) is 4.79 Å². The summed E-state index contributed by atoms with van der Waals surface area (Å²) in [5.41, 5.74) is 0.630. The van der Waals surface area contributed by atoms with Gasteiger partial charge >= 0.3 is 5.97 Å². The number of rotatable bonds is 16. The molecule has 2 bridgehead atoms. The van der Waals surface area contributed by atoms with Crippen molar-refractivity contribution in [2.24, 2.45) is 10.8 Å². The number of allylic oxidation sites excluding steroid dienone is 1. The number of halogens is 1. The minimum Gasteiger partial charge on any atom is -0.462 e. The van der Waals surface area contributed by atoms with Gasteiger partial charge < -0.3 is 18.9 Å². The van der Waals surface area contributed by atoms with Crippen LogP contribution in [0.15, 0.2) is 12.2 Å². The molecule has 3 fully saturated rings. The van der Waals surface area contributed by atoms with Crippen molar-refractivity contribution in [2.45, 2.75) is 71.1 Å². The van der Waals surface area contributed by atoms with Crippen LogP contribution < -0.4 is 0 Å². The molecule has 0 N–H and O–H groups in total. The smallest absolute Gasteiger partial charge is 0.330 e. The topological polar surface area (TPSA) is 54.0 Å². The molecule has 0 aromatic heterocycles. The quantitative estimate of drug-likeness (QED) is 0.0983. The average molecular weight is 475 g/mol. The number of unbranched alkanes of at least 4 members (excludes halogenated alkanes) is 2. The standard InChI is InChI=1S/C23H39BrO5/c1-2-3-4-15-26-18-19-28-20-27-16-13-23-10-7-22(8-11-23,9-12-23)6-5-21(25)29-17-14-24/h5-6H,2-4,7-20H2,1H3. The summed E-state index contributed by atoms with van der Waals surface area (Å²) in [6, 6.07) is 0. The summed E-state index contributed by atoms with van der Waals surface area (Å²) in [5, 5.41) is 0.681. The van der Waals surface area contributed by atoms with E-state index in [0.717, 1.165) is 26.1 Å². The molecule has 0 radical (unpaired) electrons. The van der Waals surface area contributed by atoms with Crippen LogP contribution in [0.5, 0.6) is 0 Å². The first kappa shape index (κ1) is 24.8. The fourth-order valence-corrected chi connectivity index (χ4v) is 4.65. The maximum Gasteiger partial charge on any atom is 0.330 e. The number of hydrogen-bond donors (Lipinski definition) is 0. The number of esters is 1. The van der Waals surface area contributed by atoms with Crippen molar-refractivity contribution in [2.75, 3.05) is 45.2 Å². The molecule has 3 rings (SSSR count). The first-order valence-electron chi connectivity index (χ1n) is 11.3. The minimum absolute atomic E-state index is 0.205. The van der Waals surface area contributed by atoms with E-state index in [4.69, 9.17) is 18.9 Å². The van der Waals surface area contributed by atoms with E-state index in [0.29, 0.717) is 37.4 Å². The normalized spacial score (nSPS) is 26.3. The molecule has 0 heterocycles. The van der Waals surface area contributed by atoms with Gasteiger partial charge in [-0.3, -0.25) is 0 Å². The maximum atomic E-state index is 11.7. The second kappa shape index (κ2) is 13.8. The molecule has 3 saturated carbocycles. The molecule has 0 aliphatic heterocycles. The molecule has 5 nitrogen and oxygen atoms in total.